The zero-order valence-electron chi connectivity index (χ0n) is 11.5. The highest BCUT2D eigenvalue weighted by Crippen LogP contribution is 2.24. The molecule has 0 aliphatic carbocycles. The minimum atomic E-state index is -1.32. The molecule has 7 heteroatoms. The second kappa shape index (κ2) is 6.86. The molecule has 0 unspecified atom stereocenters. The molecule has 1 aliphatic rings. The summed E-state index contributed by atoms with van der Waals surface area (Å²) >= 11 is 0. The molecule has 1 aliphatic heterocycles. The number of amides is 1. The van der Waals surface area contributed by atoms with Gasteiger partial charge in [-0.25, -0.2) is 0 Å². The number of hydrogen-bond donors (Lipinski definition) is 4. The van der Waals surface area contributed by atoms with Crippen molar-refractivity contribution in [3.63, 3.8) is 0 Å². The van der Waals surface area contributed by atoms with Crippen LogP contribution >= 0.6 is 0 Å². The highest BCUT2D eigenvalue weighted by Gasteiger charge is 2.45. The molecular formula is C14H19NO6. The third-order valence-corrected chi connectivity index (χ3v) is 3.25. The molecule has 1 aromatic rings. The molecule has 0 aromatic heterocycles. The number of ether oxygens (including phenoxy) is 2. The topological polar surface area (TPSA) is 108 Å². The first kappa shape index (κ1) is 15.7. The summed E-state index contributed by atoms with van der Waals surface area (Å²) in [6, 6.07) is 7.79. The summed E-state index contributed by atoms with van der Waals surface area (Å²) in [6.07, 6.45) is -4.64. The maximum atomic E-state index is 11.2. The van der Waals surface area contributed by atoms with E-state index in [9.17, 15) is 20.1 Å². The summed E-state index contributed by atoms with van der Waals surface area (Å²) in [5, 5.41) is 31.7. The minimum absolute atomic E-state index is 0.390. The molecular weight excluding hydrogens is 278 g/mol. The van der Waals surface area contributed by atoms with Crippen LogP contribution in [0.3, 0.4) is 0 Å². The van der Waals surface area contributed by atoms with Gasteiger partial charge in [0.15, 0.2) is 0 Å². The molecule has 1 saturated heterocycles. The van der Waals surface area contributed by atoms with Crippen molar-refractivity contribution in [3.05, 3.63) is 30.3 Å². The van der Waals surface area contributed by atoms with Crippen LogP contribution in [-0.2, 0) is 9.53 Å². The Morgan fingerprint density at radius 3 is 2.52 bits per heavy atom. The van der Waals surface area contributed by atoms with Gasteiger partial charge in [0.1, 0.15) is 30.1 Å². The molecule has 1 amide bonds. The van der Waals surface area contributed by atoms with E-state index < -0.39 is 37.3 Å². The molecule has 0 saturated carbocycles. The summed E-state index contributed by atoms with van der Waals surface area (Å²) < 4.78 is 11.0. The van der Waals surface area contributed by atoms with E-state index in [-0.39, 0.29) is 5.91 Å². The van der Waals surface area contributed by atoms with Gasteiger partial charge in [-0.1, -0.05) is 18.2 Å². The van der Waals surface area contributed by atoms with Crippen LogP contribution < -0.4 is 10.1 Å². The molecule has 0 spiro atoms. The highest BCUT2D eigenvalue weighted by atomic mass is 16.7. The lowest BCUT2D eigenvalue weighted by Crippen LogP contribution is -2.65. The van der Waals surface area contributed by atoms with Gasteiger partial charge in [0.05, 0.1) is 6.61 Å². The Morgan fingerprint density at radius 2 is 1.95 bits per heavy atom. The molecule has 7 nitrogen and oxygen atoms in total. The molecule has 1 aromatic carbocycles. The Hall–Kier alpha value is -1.67. The Morgan fingerprint density at radius 1 is 1.29 bits per heavy atom. The van der Waals surface area contributed by atoms with Gasteiger partial charge in [-0.15, -0.1) is 0 Å². The quantitative estimate of drug-likeness (QED) is 0.568. The van der Waals surface area contributed by atoms with Crippen LogP contribution in [0.4, 0.5) is 0 Å². The van der Waals surface area contributed by atoms with Crippen LogP contribution in [0.5, 0.6) is 5.75 Å². The lowest BCUT2D eigenvalue weighted by atomic mass is 9.97. The fraction of sp³-hybridized carbons (Fsp3) is 0.500. The Kier molecular flexibility index (Phi) is 5.13. The molecule has 1 fully saturated rings. The van der Waals surface area contributed by atoms with Crippen LogP contribution in [0.2, 0.25) is 0 Å². The second-order valence-corrected chi connectivity index (χ2v) is 4.86. The number of hydrogen-bond acceptors (Lipinski definition) is 6. The third kappa shape index (κ3) is 3.70. The van der Waals surface area contributed by atoms with Gasteiger partial charge in [0.25, 0.3) is 0 Å². The van der Waals surface area contributed by atoms with Crippen molar-refractivity contribution in [2.75, 3.05) is 6.61 Å². The first-order chi connectivity index (χ1) is 10.0. The maximum absolute atomic E-state index is 11.2. The number of aliphatic hydroxyl groups is 3. The number of para-hydroxylation sites is 1. The zero-order chi connectivity index (χ0) is 15.4. The normalized spacial score (nSPS) is 32.5. The Bertz CT molecular complexity index is 468. The first-order valence-electron chi connectivity index (χ1n) is 6.64. The summed E-state index contributed by atoms with van der Waals surface area (Å²) in [5.41, 5.74) is 0. The summed E-state index contributed by atoms with van der Waals surface area (Å²) in [4.78, 5) is 11.2. The predicted molar refractivity (Wildman–Crippen MR) is 72.4 cm³/mol. The summed E-state index contributed by atoms with van der Waals surface area (Å²) in [6.45, 7) is 0.816. The number of benzene rings is 1. The van der Waals surface area contributed by atoms with Gasteiger partial charge >= 0.3 is 0 Å². The van der Waals surface area contributed by atoms with E-state index >= 15 is 0 Å². The van der Waals surface area contributed by atoms with Gasteiger partial charge in [0.2, 0.25) is 12.2 Å². The molecule has 0 radical (unpaired) electrons. The standard InChI is InChI=1S/C14H19NO6/c1-8(17)15-11-13(19)12(18)10(7-16)21-14(11)20-9-5-3-2-4-6-9/h2-6,10-14,16,18-19H,7H2,1H3,(H,15,17)/t10-,11+,12-,13-,14-/m0/s1. The van der Waals surface area contributed by atoms with Crippen molar-refractivity contribution in [1.82, 2.24) is 5.32 Å². The SMILES string of the molecule is CC(=O)N[C@H]1[C@@H](Oc2ccccc2)O[C@@H](CO)[C@H](O)[C@H]1O. The maximum Gasteiger partial charge on any atom is 0.223 e. The fourth-order valence-corrected chi connectivity index (χ4v) is 2.20. The van der Waals surface area contributed by atoms with Gasteiger partial charge in [-0.3, -0.25) is 4.79 Å². The molecule has 2 rings (SSSR count). The van der Waals surface area contributed by atoms with Gasteiger partial charge in [-0.2, -0.15) is 0 Å². The number of aliphatic hydroxyl groups excluding tert-OH is 3. The van der Waals surface area contributed by atoms with Crippen LogP contribution in [0.15, 0.2) is 30.3 Å². The molecule has 1 heterocycles. The van der Waals surface area contributed by atoms with Crippen molar-refractivity contribution < 1.29 is 29.6 Å². The van der Waals surface area contributed by atoms with E-state index in [0.717, 1.165) is 0 Å². The van der Waals surface area contributed by atoms with E-state index in [4.69, 9.17) is 9.47 Å². The molecule has 116 valence electrons. The van der Waals surface area contributed by atoms with Gasteiger partial charge < -0.3 is 30.1 Å². The van der Waals surface area contributed by atoms with Crippen molar-refractivity contribution in [2.24, 2.45) is 0 Å². The van der Waals surface area contributed by atoms with Crippen LogP contribution in [0, 0.1) is 0 Å². The van der Waals surface area contributed by atoms with Gasteiger partial charge in [-0.05, 0) is 12.1 Å². The number of rotatable bonds is 4. The largest absolute Gasteiger partial charge is 0.463 e. The highest BCUT2D eigenvalue weighted by molar-refractivity contribution is 5.73. The minimum Gasteiger partial charge on any atom is -0.463 e. The van der Waals surface area contributed by atoms with E-state index in [2.05, 4.69) is 5.32 Å². The Balaban J connectivity index is 2.18. The van der Waals surface area contributed by atoms with E-state index in [1.165, 1.54) is 6.92 Å². The monoisotopic (exact) mass is 297 g/mol. The average molecular weight is 297 g/mol. The lowest BCUT2D eigenvalue weighted by Gasteiger charge is -2.42. The first-order valence-corrected chi connectivity index (χ1v) is 6.64. The summed E-state index contributed by atoms with van der Waals surface area (Å²) in [5.74, 6) is 0.0945. The summed E-state index contributed by atoms with van der Waals surface area (Å²) in [7, 11) is 0. The van der Waals surface area contributed by atoms with Crippen molar-refractivity contribution in [2.45, 2.75) is 37.6 Å². The molecule has 5 atom stereocenters. The lowest BCUT2D eigenvalue weighted by molar-refractivity contribution is -0.244. The van der Waals surface area contributed by atoms with Crippen LogP contribution in [0.1, 0.15) is 6.92 Å². The van der Waals surface area contributed by atoms with Crippen LogP contribution in [0.25, 0.3) is 0 Å². The molecule has 21 heavy (non-hydrogen) atoms. The van der Waals surface area contributed by atoms with E-state index in [1.807, 2.05) is 6.07 Å². The average Bonchev–Trinajstić information content (AvgIpc) is 2.47. The molecule has 4 N–H and O–H groups in total. The van der Waals surface area contributed by atoms with E-state index in [0.29, 0.717) is 5.75 Å². The van der Waals surface area contributed by atoms with Crippen molar-refractivity contribution in [1.29, 1.82) is 0 Å². The van der Waals surface area contributed by atoms with Crippen molar-refractivity contribution in [3.8, 4) is 5.75 Å². The Labute approximate surface area is 122 Å². The number of carbonyl (C=O) groups is 1. The van der Waals surface area contributed by atoms with Crippen molar-refractivity contribution >= 4 is 5.91 Å². The zero-order valence-corrected chi connectivity index (χ0v) is 11.5. The second-order valence-electron chi connectivity index (χ2n) is 4.86. The smallest absolute Gasteiger partial charge is 0.223 e. The number of nitrogens with one attached hydrogen (secondary N) is 1. The number of carbonyl (C=O) groups excluding carboxylic acids is 1. The predicted octanol–water partition coefficient (Wildman–Crippen LogP) is -0.991. The van der Waals surface area contributed by atoms with Gasteiger partial charge in [0, 0.05) is 6.92 Å². The van der Waals surface area contributed by atoms with Crippen LogP contribution in [-0.4, -0.2) is 58.5 Å². The fourth-order valence-electron chi connectivity index (χ4n) is 2.20. The molecule has 0 bridgehead atoms. The third-order valence-electron chi connectivity index (χ3n) is 3.25. The van der Waals surface area contributed by atoms with E-state index in [1.54, 1.807) is 24.3 Å².